The van der Waals surface area contributed by atoms with E-state index in [9.17, 15) is 9.59 Å². The first-order chi connectivity index (χ1) is 10.1. The first-order valence-electron chi connectivity index (χ1n) is 7.13. The number of hydrogen-bond acceptors (Lipinski definition) is 4. The summed E-state index contributed by atoms with van der Waals surface area (Å²) in [6.45, 7) is 0.530. The standard InChI is InChI=1S/C15H19N3O2S/c1-17-10(8-14(19)18(2)15(17)20)9-16-12-4-3-5-13-11(12)6-7-21-13/h6-8,12,16H,3-5,9H2,1-2H3. The average molecular weight is 305 g/mol. The molecule has 1 unspecified atom stereocenters. The Morgan fingerprint density at radius 2 is 2.14 bits per heavy atom. The highest BCUT2D eigenvalue weighted by molar-refractivity contribution is 7.10. The van der Waals surface area contributed by atoms with Gasteiger partial charge in [-0.2, -0.15) is 0 Å². The van der Waals surface area contributed by atoms with Gasteiger partial charge in [0.1, 0.15) is 0 Å². The van der Waals surface area contributed by atoms with Crippen molar-refractivity contribution in [3.63, 3.8) is 0 Å². The highest BCUT2D eigenvalue weighted by Gasteiger charge is 2.21. The van der Waals surface area contributed by atoms with Crippen LogP contribution in [0.2, 0.25) is 0 Å². The van der Waals surface area contributed by atoms with Crippen LogP contribution in [0.5, 0.6) is 0 Å². The molecule has 2 aromatic heterocycles. The van der Waals surface area contributed by atoms with Gasteiger partial charge in [-0.05, 0) is 36.3 Å². The Bertz CT molecular complexity index is 772. The molecule has 1 N–H and O–H groups in total. The molecule has 21 heavy (non-hydrogen) atoms. The lowest BCUT2D eigenvalue weighted by Crippen LogP contribution is -2.39. The summed E-state index contributed by atoms with van der Waals surface area (Å²) in [7, 11) is 3.20. The summed E-state index contributed by atoms with van der Waals surface area (Å²) in [5, 5.41) is 5.63. The lowest BCUT2D eigenvalue weighted by Gasteiger charge is -2.24. The van der Waals surface area contributed by atoms with Gasteiger partial charge in [0.05, 0.1) is 0 Å². The Kier molecular flexibility index (Phi) is 3.82. The quantitative estimate of drug-likeness (QED) is 0.930. The number of fused-ring (bicyclic) bond motifs is 1. The van der Waals surface area contributed by atoms with Crippen molar-refractivity contribution in [2.24, 2.45) is 14.1 Å². The predicted molar refractivity (Wildman–Crippen MR) is 83.8 cm³/mol. The molecule has 0 saturated heterocycles. The fourth-order valence-corrected chi connectivity index (χ4v) is 3.86. The Morgan fingerprint density at radius 3 is 2.95 bits per heavy atom. The van der Waals surface area contributed by atoms with Crippen LogP contribution in [0, 0.1) is 0 Å². The van der Waals surface area contributed by atoms with Crippen LogP contribution in [-0.2, 0) is 27.1 Å². The van der Waals surface area contributed by atoms with Gasteiger partial charge < -0.3 is 5.32 Å². The molecule has 1 atom stereocenters. The van der Waals surface area contributed by atoms with Gasteiger partial charge in [0, 0.05) is 43.3 Å². The third kappa shape index (κ3) is 2.61. The van der Waals surface area contributed by atoms with Crippen LogP contribution < -0.4 is 16.6 Å². The molecule has 0 spiro atoms. The lowest BCUT2D eigenvalue weighted by atomic mass is 9.94. The second-order valence-electron chi connectivity index (χ2n) is 5.50. The zero-order valence-electron chi connectivity index (χ0n) is 12.3. The minimum Gasteiger partial charge on any atom is -0.304 e. The number of nitrogens with one attached hydrogen (secondary N) is 1. The molecular formula is C15H19N3O2S. The summed E-state index contributed by atoms with van der Waals surface area (Å²) in [6.07, 6.45) is 3.44. The van der Waals surface area contributed by atoms with Crippen LogP contribution in [0.25, 0.3) is 0 Å². The predicted octanol–water partition coefficient (Wildman–Crippen LogP) is 1.31. The van der Waals surface area contributed by atoms with Crippen molar-refractivity contribution in [2.75, 3.05) is 0 Å². The lowest BCUT2D eigenvalue weighted by molar-refractivity contribution is 0.452. The van der Waals surface area contributed by atoms with E-state index in [2.05, 4.69) is 16.8 Å². The summed E-state index contributed by atoms with van der Waals surface area (Å²) in [6, 6.07) is 4.03. The number of rotatable bonds is 3. The summed E-state index contributed by atoms with van der Waals surface area (Å²) in [5.74, 6) is 0. The minimum atomic E-state index is -0.279. The molecule has 2 aromatic rings. The highest BCUT2D eigenvalue weighted by atomic mass is 32.1. The van der Waals surface area contributed by atoms with Crippen LogP contribution >= 0.6 is 11.3 Å². The molecule has 0 saturated carbocycles. The molecule has 6 heteroatoms. The second-order valence-corrected chi connectivity index (χ2v) is 6.50. The van der Waals surface area contributed by atoms with E-state index in [0.29, 0.717) is 12.6 Å². The normalized spacial score (nSPS) is 17.7. The maximum atomic E-state index is 11.9. The van der Waals surface area contributed by atoms with Crippen molar-refractivity contribution < 1.29 is 0 Å². The van der Waals surface area contributed by atoms with E-state index >= 15 is 0 Å². The first kappa shape index (κ1) is 14.3. The third-order valence-corrected chi connectivity index (χ3v) is 5.20. The molecule has 0 aromatic carbocycles. The Labute approximate surface area is 126 Å². The monoisotopic (exact) mass is 305 g/mol. The van der Waals surface area contributed by atoms with Crippen LogP contribution in [-0.4, -0.2) is 9.13 Å². The van der Waals surface area contributed by atoms with E-state index in [1.807, 2.05) is 11.3 Å². The SMILES string of the molecule is Cn1c(CNC2CCCc3sccc32)cc(=O)n(C)c1=O. The Hall–Kier alpha value is -1.66. The topological polar surface area (TPSA) is 56.0 Å². The van der Waals surface area contributed by atoms with Crippen molar-refractivity contribution in [2.45, 2.75) is 31.8 Å². The fraction of sp³-hybridized carbons (Fsp3) is 0.467. The van der Waals surface area contributed by atoms with Crippen molar-refractivity contribution in [3.8, 4) is 0 Å². The van der Waals surface area contributed by atoms with E-state index in [0.717, 1.165) is 23.1 Å². The van der Waals surface area contributed by atoms with Crippen LogP contribution in [0.15, 0.2) is 27.1 Å². The number of thiophene rings is 1. The number of nitrogens with zero attached hydrogens (tertiary/aromatic N) is 2. The van der Waals surface area contributed by atoms with E-state index in [1.165, 1.54) is 34.5 Å². The molecule has 5 nitrogen and oxygen atoms in total. The van der Waals surface area contributed by atoms with Crippen molar-refractivity contribution in [3.05, 3.63) is 54.5 Å². The van der Waals surface area contributed by atoms with Crippen molar-refractivity contribution in [1.82, 2.24) is 14.5 Å². The maximum absolute atomic E-state index is 11.9. The van der Waals surface area contributed by atoms with E-state index in [-0.39, 0.29) is 11.2 Å². The van der Waals surface area contributed by atoms with Crippen molar-refractivity contribution in [1.29, 1.82) is 0 Å². The molecule has 0 amide bonds. The Balaban J connectivity index is 1.81. The van der Waals surface area contributed by atoms with Gasteiger partial charge in [-0.25, -0.2) is 4.79 Å². The van der Waals surface area contributed by atoms with Gasteiger partial charge in [0.25, 0.3) is 5.56 Å². The maximum Gasteiger partial charge on any atom is 0.330 e. The zero-order chi connectivity index (χ0) is 15.0. The van der Waals surface area contributed by atoms with Gasteiger partial charge in [-0.3, -0.25) is 13.9 Å². The molecule has 0 fully saturated rings. The molecule has 0 bridgehead atoms. The molecule has 0 aliphatic heterocycles. The van der Waals surface area contributed by atoms with E-state index in [1.54, 1.807) is 7.05 Å². The molecule has 3 rings (SSSR count). The summed E-state index contributed by atoms with van der Waals surface area (Å²) >= 11 is 1.81. The highest BCUT2D eigenvalue weighted by Crippen LogP contribution is 2.33. The summed E-state index contributed by atoms with van der Waals surface area (Å²) in [4.78, 5) is 25.1. The molecule has 2 heterocycles. The third-order valence-electron chi connectivity index (χ3n) is 4.21. The van der Waals surface area contributed by atoms with Crippen molar-refractivity contribution >= 4 is 11.3 Å². The average Bonchev–Trinajstić information content (AvgIpc) is 2.96. The van der Waals surface area contributed by atoms with Gasteiger partial charge >= 0.3 is 5.69 Å². The van der Waals surface area contributed by atoms with Gasteiger partial charge in [-0.15, -0.1) is 11.3 Å². The number of aromatic nitrogens is 2. The molecule has 112 valence electrons. The van der Waals surface area contributed by atoms with E-state index in [4.69, 9.17) is 0 Å². The van der Waals surface area contributed by atoms with Crippen LogP contribution in [0.3, 0.4) is 0 Å². The van der Waals surface area contributed by atoms with Crippen LogP contribution in [0.1, 0.15) is 35.0 Å². The largest absolute Gasteiger partial charge is 0.330 e. The zero-order valence-corrected chi connectivity index (χ0v) is 13.1. The smallest absolute Gasteiger partial charge is 0.304 e. The first-order valence-corrected chi connectivity index (χ1v) is 8.01. The van der Waals surface area contributed by atoms with E-state index < -0.39 is 0 Å². The Morgan fingerprint density at radius 1 is 1.33 bits per heavy atom. The molecular weight excluding hydrogens is 286 g/mol. The van der Waals surface area contributed by atoms with Crippen LogP contribution in [0.4, 0.5) is 0 Å². The minimum absolute atomic E-state index is 0.255. The number of aryl methyl sites for hydroxylation is 1. The second kappa shape index (κ2) is 5.61. The molecule has 1 aliphatic rings. The summed E-state index contributed by atoms with van der Waals surface area (Å²) in [5.41, 5.74) is 1.57. The summed E-state index contributed by atoms with van der Waals surface area (Å²) < 4.78 is 2.66. The number of hydrogen-bond donors (Lipinski definition) is 1. The van der Waals surface area contributed by atoms with Gasteiger partial charge in [0.15, 0.2) is 0 Å². The molecule has 0 radical (unpaired) electrons. The fourth-order valence-electron chi connectivity index (χ4n) is 2.87. The van der Waals surface area contributed by atoms with Gasteiger partial charge in [-0.1, -0.05) is 0 Å². The van der Waals surface area contributed by atoms with Gasteiger partial charge in [0.2, 0.25) is 0 Å². The molecule has 1 aliphatic carbocycles.